The minimum atomic E-state index is 0.758. The molecule has 1 aliphatic rings. The molecule has 122 valence electrons. The molecule has 5 nitrogen and oxygen atoms in total. The number of rotatable bonds is 5. The molecule has 0 radical (unpaired) electrons. The first-order valence-corrected chi connectivity index (χ1v) is 9.17. The second-order valence-electron chi connectivity index (χ2n) is 5.40. The molecule has 0 aliphatic carbocycles. The molecule has 2 aromatic rings. The molecule has 0 unspecified atom stereocenters. The zero-order chi connectivity index (χ0) is 16.1. The first-order valence-electron chi connectivity index (χ1n) is 7.78. The molecule has 0 saturated carbocycles. The Labute approximate surface area is 141 Å². The molecule has 23 heavy (non-hydrogen) atoms. The molecule has 0 bridgehead atoms. The van der Waals surface area contributed by atoms with E-state index >= 15 is 0 Å². The number of anilines is 2. The van der Waals surface area contributed by atoms with Crippen LogP contribution in [0.3, 0.4) is 0 Å². The summed E-state index contributed by atoms with van der Waals surface area (Å²) in [6.45, 7) is 3.28. The Morgan fingerprint density at radius 1 is 1.17 bits per heavy atom. The van der Waals surface area contributed by atoms with Gasteiger partial charge in [-0.1, -0.05) is 0 Å². The summed E-state index contributed by atoms with van der Waals surface area (Å²) in [6.07, 6.45) is 2.10. The summed E-state index contributed by atoms with van der Waals surface area (Å²) in [7, 11) is 1.92. The van der Waals surface area contributed by atoms with E-state index in [0.717, 1.165) is 60.6 Å². The van der Waals surface area contributed by atoms with Crippen LogP contribution in [0.5, 0.6) is 0 Å². The van der Waals surface area contributed by atoms with Crippen LogP contribution < -0.4 is 10.2 Å². The summed E-state index contributed by atoms with van der Waals surface area (Å²) >= 11 is 1.78. The average molecular weight is 330 g/mol. The molecular weight excluding hydrogens is 308 g/mol. The van der Waals surface area contributed by atoms with E-state index in [0.29, 0.717) is 0 Å². The zero-order valence-corrected chi connectivity index (χ0v) is 14.4. The number of nitrogens with one attached hydrogen (secondary N) is 1. The molecule has 1 aromatic carbocycles. The summed E-state index contributed by atoms with van der Waals surface area (Å²) in [5.74, 6) is 2.68. The lowest BCUT2D eigenvalue weighted by Gasteiger charge is -2.28. The van der Waals surface area contributed by atoms with Crippen LogP contribution in [0.1, 0.15) is 5.69 Å². The number of hydrogen-bond acceptors (Lipinski definition) is 6. The molecule has 1 N–H and O–H groups in total. The molecule has 2 heterocycles. The van der Waals surface area contributed by atoms with Crippen molar-refractivity contribution in [2.45, 2.75) is 5.75 Å². The zero-order valence-electron chi connectivity index (χ0n) is 13.6. The second kappa shape index (κ2) is 7.66. The van der Waals surface area contributed by atoms with Crippen LogP contribution in [0.25, 0.3) is 11.4 Å². The lowest BCUT2D eigenvalue weighted by Crippen LogP contribution is -2.37. The fourth-order valence-electron chi connectivity index (χ4n) is 2.57. The van der Waals surface area contributed by atoms with Gasteiger partial charge in [0.25, 0.3) is 0 Å². The number of aromatic nitrogens is 2. The van der Waals surface area contributed by atoms with Crippen molar-refractivity contribution in [3.8, 4) is 11.4 Å². The van der Waals surface area contributed by atoms with E-state index < -0.39 is 0 Å². The normalized spacial score (nSPS) is 14.8. The van der Waals surface area contributed by atoms with Crippen LogP contribution in [0.15, 0.2) is 30.3 Å². The van der Waals surface area contributed by atoms with E-state index in [4.69, 9.17) is 14.7 Å². The van der Waals surface area contributed by atoms with Crippen molar-refractivity contribution in [3.63, 3.8) is 0 Å². The molecule has 1 aliphatic heterocycles. The van der Waals surface area contributed by atoms with Crippen molar-refractivity contribution in [3.05, 3.63) is 36.0 Å². The highest BCUT2D eigenvalue weighted by molar-refractivity contribution is 7.97. The van der Waals surface area contributed by atoms with Gasteiger partial charge in [0.2, 0.25) is 0 Å². The van der Waals surface area contributed by atoms with Gasteiger partial charge in [-0.15, -0.1) is 0 Å². The Balaban J connectivity index is 1.95. The molecule has 1 fully saturated rings. The summed E-state index contributed by atoms with van der Waals surface area (Å²) in [4.78, 5) is 11.8. The van der Waals surface area contributed by atoms with Crippen molar-refractivity contribution in [1.29, 1.82) is 0 Å². The molecular formula is C17H22N4OS. The topological polar surface area (TPSA) is 50.3 Å². The van der Waals surface area contributed by atoms with Crippen molar-refractivity contribution in [2.75, 3.05) is 49.8 Å². The number of nitrogens with zero attached hydrogens (tertiary/aromatic N) is 3. The first-order chi connectivity index (χ1) is 11.3. The predicted molar refractivity (Wildman–Crippen MR) is 97.3 cm³/mol. The van der Waals surface area contributed by atoms with Crippen LogP contribution in [-0.2, 0) is 10.5 Å². The monoisotopic (exact) mass is 330 g/mol. The Kier molecular flexibility index (Phi) is 5.35. The minimum absolute atomic E-state index is 0.758. The molecule has 0 spiro atoms. The third kappa shape index (κ3) is 3.95. The van der Waals surface area contributed by atoms with Gasteiger partial charge in [0.1, 0.15) is 5.82 Å². The van der Waals surface area contributed by atoms with E-state index in [1.165, 1.54) is 0 Å². The summed E-state index contributed by atoms with van der Waals surface area (Å²) in [5, 5.41) is 3.13. The van der Waals surface area contributed by atoms with Gasteiger partial charge in [-0.25, -0.2) is 9.97 Å². The number of hydrogen-bond donors (Lipinski definition) is 1. The summed E-state index contributed by atoms with van der Waals surface area (Å²) in [6, 6.07) is 10.3. The Bertz CT molecular complexity index is 642. The highest BCUT2D eigenvalue weighted by Gasteiger charge is 2.15. The maximum Gasteiger partial charge on any atom is 0.161 e. The number of ether oxygens (including phenoxy) is 1. The highest BCUT2D eigenvalue weighted by atomic mass is 32.2. The molecule has 1 aromatic heterocycles. The van der Waals surface area contributed by atoms with Gasteiger partial charge in [0, 0.05) is 43.2 Å². The first kappa shape index (κ1) is 16.1. The fraction of sp³-hybridized carbons (Fsp3) is 0.412. The van der Waals surface area contributed by atoms with Crippen molar-refractivity contribution in [2.24, 2.45) is 0 Å². The Morgan fingerprint density at radius 3 is 2.57 bits per heavy atom. The van der Waals surface area contributed by atoms with Crippen LogP contribution in [0.4, 0.5) is 11.5 Å². The predicted octanol–water partition coefficient (Wildman–Crippen LogP) is 2.88. The van der Waals surface area contributed by atoms with Crippen molar-refractivity contribution < 1.29 is 4.74 Å². The maximum atomic E-state index is 5.44. The van der Waals surface area contributed by atoms with E-state index in [-0.39, 0.29) is 0 Å². The number of morpholine rings is 1. The van der Waals surface area contributed by atoms with Gasteiger partial charge in [-0.2, -0.15) is 11.8 Å². The van der Waals surface area contributed by atoms with Gasteiger partial charge < -0.3 is 15.0 Å². The quantitative estimate of drug-likeness (QED) is 0.910. The minimum Gasteiger partial charge on any atom is -0.388 e. The van der Waals surface area contributed by atoms with Crippen molar-refractivity contribution in [1.82, 2.24) is 9.97 Å². The lowest BCUT2D eigenvalue weighted by molar-refractivity contribution is 0.122. The SMILES string of the molecule is CNc1ccc(-c2nc(CSC)cc(N3CCOCC3)n2)cc1. The van der Waals surface area contributed by atoms with Crippen LogP contribution in [0, 0.1) is 0 Å². The van der Waals surface area contributed by atoms with Gasteiger partial charge in [-0.3, -0.25) is 0 Å². The third-order valence-corrected chi connectivity index (χ3v) is 4.41. The lowest BCUT2D eigenvalue weighted by atomic mass is 10.2. The van der Waals surface area contributed by atoms with E-state index in [2.05, 4.69) is 34.7 Å². The smallest absolute Gasteiger partial charge is 0.161 e. The number of benzene rings is 1. The highest BCUT2D eigenvalue weighted by Crippen LogP contribution is 2.23. The maximum absolute atomic E-state index is 5.44. The van der Waals surface area contributed by atoms with Gasteiger partial charge in [-0.05, 0) is 30.5 Å². The van der Waals surface area contributed by atoms with Gasteiger partial charge in [0.15, 0.2) is 5.82 Å². The van der Waals surface area contributed by atoms with Gasteiger partial charge in [0.05, 0.1) is 18.9 Å². The molecule has 3 rings (SSSR count). The molecule has 0 atom stereocenters. The molecule has 0 amide bonds. The third-order valence-electron chi connectivity index (χ3n) is 3.82. The summed E-state index contributed by atoms with van der Waals surface area (Å²) in [5.41, 5.74) is 3.20. The fourth-order valence-corrected chi connectivity index (χ4v) is 3.02. The van der Waals surface area contributed by atoms with E-state index in [1.807, 2.05) is 19.2 Å². The molecule has 6 heteroatoms. The van der Waals surface area contributed by atoms with Crippen LogP contribution in [-0.4, -0.2) is 49.6 Å². The van der Waals surface area contributed by atoms with Crippen molar-refractivity contribution >= 4 is 23.3 Å². The molecule has 1 saturated heterocycles. The van der Waals surface area contributed by atoms with E-state index in [1.54, 1.807) is 11.8 Å². The average Bonchev–Trinajstić information content (AvgIpc) is 2.62. The summed E-state index contributed by atoms with van der Waals surface area (Å²) < 4.78 is 5.44. The van der Waals surface area contributed by atoms with Crippen LogP contribution >= 0.6 is 11.8 Å². The van der Waals surface area contributed by atoms with E-state index in [9.17, 15) is 0 Å². The largest absolute Gasteiger partial charge is 0.388 e. The van der Waals surface area contributed by atoms with Crippen LogP contribution in [0.2, 0.25) is 0 Å². The second-order valence-corrected chi connectivity index (χ2v) is 6.27. The Morgan fingerprint density at radius 2 is 1.91 bits per heavy atom. The number of thioether (sulfide) groups is 1. The van der Waals surface area contributed by atoms with Gasteiger partial charge >= 0.3 is 0 Å². The Hall–Kier alpha value is -1.79. The standard InChI is InChI=1S/C17H22N4OS/c1-18-14-5-3-13(4-6-14)17-19-15(12-23-2)11-16(20-17)21-7-9-22-10-8-21/h3-6,11,18H,7-10,12H2,1-2H3.